The Balaban J connectivity index is 2.28. The van der Waals surface area contributed by atoms with Gasteiger partial charge in [0.25, 0.3) is 0 Å². The van der Waals surface area contributed by atoms with Gasteiger partial charge in [-0.25, -0.2) is 13.2 Å². The molecule has 2 aromatic rings. The summed E-state index contributed by atoms with van der Waals surface area (Å²) < 4.78 is 41.1. The van der Waals surface area contributed by atoms with Crippen LogP contribution in [0, 0.1) is 17.5 Å². The number of nitrogens with two attached hydrogens (primary N) is 1. The predicted molar refractivity (Wildman–Crippen MR) is 76.1 cm³/mol. The van der Waals surface area contributed by atoms with Gasteiger partial charge in [-0.05, 0) is 36.2 Å². The number of halogens is 5. The Bertz CT molecular complexity index is 625. The molecular formula is C14H10BrClF3N. The quantitative estimate of drug-likeness (QED) is 0.835. The van der Waals surface area contributed by atoms with E-state index in [0.717, 1.165) is 12.1 Å². The van der Waals surface area contributed by atoms with Crippen LogP contribution in [0.4, 0.5) is 13.2 Å². The SMILES string of the molecule is NC(Cc1ccc(Cl)c(F)c1)c1c(F)cc(Br)cc1F. The van der Waals surface area contributed by atoms with Crippen LogP contribution >= 0.6 is 27.5 Å². The lowest BCUT2D eigenvalue weighted by atomic mass is 9.98. The summed E-state index contributed by atoms with van der Waals surface area (Å²) in [4.78, 5) is 0. The summed E-state index contributed by atoms with van der Waals surface area (Å²) in [6, 6.07) is 5.52. The molecule has 0 saturated carbocycles. The molecule has 0 bridgehead atoms. The average Bonchev–Trinajstić information content (AvgIpc) is 2.32. The van der Waals surface area contributed by atoms with Gasteiger partial charge in [0.2, 0.25) is 0 Å². The molecule has 2 N–H and O–H groups in total. The molecule has 0 aliphatic heterocycles. The van der Waals surface area contributed by atoms with Gasteiger partial charge < -0.3 is 5.73 Å². The summed E-state index contributed by atoms with van der Waals surface area (Å²) in [5.74, 6) is -2.06. The highest BCUT2D eigenvalue weighted by atomic mass is 79.9. The highest BCUT2D eigenvalue weighted by Gasteiger charge is 2.18. The highest BCUT2D eigenvalue weighted by molar-refractivity contribution is 9.10. The summed E-state index contributed by atoms with van der Waals surface area (Å²) in [6.45, 7) is 0. The predicted octanol–water partition coefficient (Wildman–Crippen LogP) is 4.76. The van der Waals surface area contributed by atoms with Crippen molar-refractivity contribution >= 4 is 27.5 Å². The zero-order valence-electron chi connectivity index (χ0n) is 10.1. The zero-order chi connectivity index (χ0) is 14.9. The smallest absolute Gasteiger partial charge is 0.142 e. The minimum Gasteiger partial charge on any atom is -0.323 e. The van der Waals surface area contributed by atoms with Crippen LogP contribution in [0.3, 0.4) is 0 Å². The molecule has 1 nitrogen and oxygen atoms in total. The van der Waals surface area contributed by atoms with Crippen molar-refractivity contribution in [2.24, 2.45) is 5.73 Å². The van der Waals surface area contributed by atoms with Gasteiger partial charge in [0, 0.05) is 16.1 Å². The van der Waals surface area contributed by atoms with E-state index in [2.05, 4.69) is 15.9 Å². The van der Waals surface area contributed by atoms with Crippen molar-refractivity contribution < 1.29 is 13.2 Å². The van der Waals surface area contributed by atoms with Crippen LogP contribution in [0.15, 0.2) is 34.8 Å². The van der Waals surface area contributed by atoms with E-state index >= 15 is 0 Å². The molecule has 0 fully saturated rings. The molecule has 1 unspecified atom stereocenters. The first-order valence-electron chi connectivity index (χ1n) is 5.72. The van der Waals surface area contributed by atoms with Crippen LogP contribution in [0.5, 0.6) is 0 Å². The van der Waals surface area contributed by atoms with Crippen molar-refractivity contribution in [3.05, 3.63) is 68.4 Å². The van der Waals surface area contributed by atoms with Gasteiger partial charge >= 0.3 is 0 Å². The van der Waals surface area contributed by atoms with Crippen LogP contribution < -0.4 is 5.73 Å². The summed E-state index contributed by atoms with van der Waals surface area (Å²) in [5, 5.41) is -0.0108. The molecule has 0 radical (unpaired) electrons. The largest absolute Gasteiger partial charge is 0.323 e. The lowest BCUT2D eigenvalue weighted by molar-refractivity contribution is 0.523. The fraction of sp³-hybridized carbons (Fsp3) is 0.143. The topological polar surface area (TPSA) is 26.0 Å². The van der Waals surface area contributed by atoms with E-state index in [-0.39, 0.29) is 17.0 Å². The van der Waals surface area contributed by atoms with Crippen LogP contribution in [0.1, 0.15) is 17.2 Å². The van der Waals surface area contributed by atoms with Gasteiger partial charge in [0.05, 0.1) is 5.02 Å². The maximum absolute atomic E-state index is 13.8. The summed E-state index contributed by atoms with van der Waals surface area (Å²) >= 11 is 8.57. The van der Waals surface area contributed by atoms with Crippen LogP contribution in [0.25, 0.3) is 0 Å². The van der Waals surface area contributed by atoms with Gasteiger partial charge in [-0.1, -0.05) is 33.6 Å². The maximum Gasteiger partial charge on any atom is 0.142 e. The minimum absolute atomic E-state index is 0.0108. The first kappa shape index (κ1) is 15.4. The molecule has 6 heteroatoms. The van der Waals surface area contributed by atoms with Crippen molar-refractivity contribution in [1.29, 1.82) is 0 Å². The first-order chi connectivity index (χ1) is 9.38. The van der Waals surface area contributed by atoms with Gasteiger partial charge in [-0.2, -0.15) is 0 Å². The molecule has 2 aromatic carbocycles. The number of hydrogen-bond acceptors (Lipinski definition) is 1. The van der Waals surface area contributed by atoms with Gasteiger partial charge in [-0.15, -0.1) is 0 Å². The third-order valence-corrected chi connectivity index (χ3v) is 3.62. The monoisotopic (exact) mass is 363 g/mol. The van der Waals surface area contributed by atoms with E-state index in [1.165, 1.54) is 12.1 Å². The maximum atomic E-state index is 13.8. The standard InChI is InChI=1S/C14H10BrClF3N/c15-8-5-11(18)14(12(19)6-8)13(20)4-7-1-2-9(16)10(17)3-7/h1-3,5-6,13H,4,20H2. The van der Waals surface area contributed by atoms with E-state index in [9.17, 15) is 13.2 Å². The van der Waals surface area contributed by atoms with Crippen molar-refractivity contribution in [2.45, 2.75) is 12.5 Å². The van der Waals surface area contributed by atoms with Crippen molar-refractivity contribution in [2.75, 3.05) is 0 Å². The molecule has 2 rings (SSSR count). The average molecular weight is 365 g/mol. The van der Waals surface area contributed by atoms with Crippen LogP contribution in [-0.2, 0) is 6.42 Å². The van der Waals surface area contributed by atoms with E-state index < -0.39 is 23.5 Å². The Morgan fingerprint density at radius 1 is 1.05 bits per heavy atom. The highest BCUT2D eigenvalue weighted by Crippen LogP contribution is 2.26. The third kappa shape index (κ3) is 3.34. The molecule has 0 saturated heterocycles. The Labute approximate surface area is 127 Å². The second-order valence-corrected chi connectivity index (χ2v) is 5.67. The normalized spacial score (nSPS) is 12.5. The van der Waals surface area contributed by atoms with Gasteiger partial charge in [0.1, 0.15) is 17.5 Å². The molecule has 0 aliphatic rings. The van der Waals surface area contributed by atoms with Crippen LogP contribution in [-0.4, -0.2) is 0 Å². The van der Waals surface area contributed by atoms with Gasteiger partial charge in [0.15, 0.2) is 0 Å². The minimum atomic E-state index is -0.913. The van der Waals surface area contributed by atoms with Crippen molar-refractivity contribution in [1.82, 2.24) is 0 Å². The molecule has 0 amide bonds. The Morgan fingerprint density at radius 2 is 1.65 bits per heavy atom. The second-order valence-electron chi connectivity index (χ2n) is 4.34. The Morgan fingerprint density at radius 3 is 2.20 bits per heavy atom. The molecule has 106 valence electrons. The molecular weight excluding hydrogens is 355 g/mol. The van der Waals surface area contributed by atoms with E-state index in [4.69, 9.17) is 17.3 Å². The third-order valence-electron chi connectivity index (χ3n) is 2.85. The Hall–Kier alpha value is -1.04. The molecule has 20 heavy (non-hydrogen) atoms. The lowest BCUT2D eigenvalue weighted by Crippen LogP contribution is -2.17. The first-order valence-corrected chi connectivity index (χ1v) is 6.89. The summed E-state index contributed by atoms with van der Waals surface area (Å²) in [5.41, 5.74) is 6.11. The van der Waals surface area contributed by atoms with E-state index in [0.29, 0.717) is 10.0 Å². The lowest BCUT2D eigenvalue weighted by Gasteiger charge is -2.14. The van der Waals surface area contributed by atoms with Crippen LogP contribution in [0.2, 0.25) is 5.02 Å². The van der Waals surface area contributed by atoms with Gasteiger partial charge in [-0.3, -0.25) is 0 Å². The number of hydrogen-bond donors (Lipinski definition) is 1. The van der Waals surface area contributed by atoms with E-state index in [1.54, 1.807) is 6.07 Å². The molecule has 0 aliphatic carbocycles. The van der Waals surface area contributed by atoms with Crippen molar-refractivity contribution in [3.8, 4) is 0 Å². The summed E-state index contributed by atoms with van der Waals surface area (Å²) in [6.07, 6.45) is 0.101. The molecule has 0 spiro atoms. The molecule has 0 heterocycles. The number of benzene rings is 2. The van der Waals surface area contributed by atoms with Crippen molar-refractivity contribution in [3.63, 3.8) is 0 Å². The second kappa shape index (κ2) is 6.16. The fourth-order valence-electron chi connectivity index (χ4n) is 1.93. The van der Waals surface area contributed by atoms with E-state index in [1.807, 2.05) is 0 Å². The Kier molecular flexibility index (Phi) is 4.73. The zero-order valence-corrected chi connectivity index (χ0v) is 12.5. The molecule has 1 atom stereocenters. The number of rotatable bonds is 3. The fourth-order valence-corrected chi connectivity index (χ4v) is 2.45. The molecule has 0 aromatic heterocycles. The summed E-state index contributed by atoms with van der Waals surface area (Å²) in [7, 11) is 0.